The Hall–Kier alpha value is -1.23. The van der Waals surface area contributed by atoms with E-state index in [0.29, 0.717) is 5.92 Å². The van der Waals surface area contributed by atoms with Crippen molar-refractivity contribution < 1.29 is 9.50 Å². The molecule has 1 N–H and O–H groups in total. The van der Waals surface area contributed by atoms with Gasteiger partial charge in [0.2, 0.25) is 0 Å². The van der Waals surface area contributed by atoms with Crippen molar-refractivity contribution in [3.05, 3.63) is 69.9 Å². The Morgan fingerprint density at radius 1 is 1.13 bits per heavy atom. The zero-order chi connectivity index (χ0) is 16.2. The number of benzene rings is 2. The topological polar surface area (TPSA) is 23.5 Å². The Kier molecular flexibility index (Phi) is 5.46. The number of aliphatic hydroxyl groups is 1. The van der Waals surface area contributed by atoms with Gasteiger partial charge in [0.25, 0.3) is 0 Å². The maximum Gasteiger partial charge on any atom is 0.124 e. The zero-order valence-electron chi connectivity index (χ0n) is 13.0. The molecule has 0 aromatic heterocycles. The molecule has 122 valence electrons. The first-order chi connectivity index (χ1) is 11.1. The van der Waals surface area contributed by atoms with Crippen LogP contribution in [0.3, 0.4) is 0 Å². The Morgan fingerprint density at radius 2 is 1.83 bits per heavy atom. The summed E-state index contributed by atoms with van der Waals surface area (Å²) in [4.78, 5) is 2.37. The van der Waals surface area contributed by atoms with Crippen LogP contribution >= 0.6 is 15.9 Å². The average Bonchev–Trinajstić information content (AvgIpc) is 2.58. The molecule has 1 aliphatic rings. The van der Waals surface area contributed by atoms with Crippen LogP contribution in [-0.4, -0.2) is 23.1 Å². The van der Waals surface area contributed by atoms with Crippen LogP contribution in [0.2, 0.25) is 0 Å². The lowest BCUT2D eigenvalue weighted by Crippen LogP contribution is -2.35. The summed E-state index contributed by atoms with van der Waals surface area (Å²) in [6.07, 6.45) is 1.58. The highest BCUT2D eigenvalue weighted by Crippen LogP contribution is 2.31. The molecule has 1 atom stereocenters. The van der Waals surface area contributed by atoms with Gasteiger partial charge in [-0.05, 0) is 55.1 Å². The Labute approximate surface area is 145 Å². The van der Waals surface area contributed by atoms with Crippen molar-refractivity contribution >= 4 is 15.9 Å². The second kappa shape index (κ2) is 7.56. The van der Waals surface area contributed by atoms with Crippen LogP contribution in [0, 0.1) is 11.7 Å². The average molecular weight is 378 g/mol. The van der Waals surface area contributed by atoms with Crippen LogP contribution < -0.4 is 0 Å². The Morgan fingerprint density at radius 3 is 2.48 bits per heavy atom. The summed E-state index contributed by atoms with van der Waals surface area (Å²) in [5, 5.41) is 10.5. The molecular weight excluding hydrogens is 357 g/mol. The van der Waals surface area contributed by atoms with Gasteiger partial charge in [0.05, 0.1) is 6.10 Å². The number of aliphatic hydroxyl groups excluding tert-OH is 1. The molecule has 0 bridgehead atoms. The van der Waals surface area contributed by atoms with Crippen molar-refractivity contribution in [1.82, 2.24) is 4.90 Å². The number of likely N-dealkylation sites (tertiary alicyclic amines) is 1. The van der Waals surface area contributed by atoms with Crippen LogP contribution in [0.5, 0.6) is 0 Å². The van der Waals surface area contributed by atoms with Crippen LogP contribution in [0.25, 0.3) is 0 Å². The molecule has 1 fully saturated rings. The van der Waals surface area contributed by atoms with E-state index >= 15 is 0 Å². The van der Waals surface area contributed by atoms with Crippen molar-refractivity contribution in [3.8, 4) is 0 Å². The molecule has 3 rings (SSSR count). The second-order valence-electron chi connectivity index (χ2n) is 6.20. The summed E-state index contributed by atoms with van der Waals surface area (Å²) in [7, 11) is 0. The normalized spacial score (nSPS) is 18.0. The highest BCUT2D eigenvalue weighted by molar-refractivity contribution is 9.10. The second-order valence-corrected chi connectivity index (χ2v) is 7.06. The molecule has 0 amide bonds. The fourth-order valence-electron chi connectivity index (χ4n) is 3.24. The molecule has 0 spiro atoms. The number of piperidine rings is 1. The van der Waals surface area contributed by atoms with Crippen molar-refractivity contribution in [3.63, 3.8) is 0 Å². The van der Waals surface area contributed by atoms with Crippen LogP contribution in [-0.2, 0) is 6.54 Å². The molecule has 1 saturated heterocycles. The monoisotopic (exact) mass is 377 g/mol. The highest BCUT2D eigenvalue weighted by atomic mass is 79.9. The third-order valence-electron chi connectivity index (χ3n) is 4.63. The maximum atomic E-state index is 13.2. The minimum atomic E-state index is -0.379. The third kappa shape index (κ3) is 4.19. The van der Waals surface area contributed by atoms with Crippen molar-refractivity contribution in [2.45, 2.75) is 25.5 Å². The van der Waals surface area contributed by atoms with E-state index in [4.69, 9.17) is 0 Å². The van der Waals surface area contributed by atoms with Crippen molar-refractivity contribution in [1.29, 1.82) is 0 Å². The Bertz CT molecular complexity index is 641. The summed E-state index contributed by atoms with van der Waals surface area (Å²) in [6, 6.07) is 14.8. The minimum absolute atomic E-state index is 0.217. The maximum absolute atomic E-state index is 13.2. The fraction of sp³-hybridized carbons (Fsp3) is 0.368. The first kappa shape index (κ1) is 16.6. The van der Waals surface area contributed by atoms with E-state index in [1.807, 2.05) is 36.4 Å². The van der Waals surface area contributed by atoms with Crippen molar-refractivity contribution in [2.24, 2.45) is 5.92 Å². The van der Waals surface area contributed by atoms with E-state index in [2.05, 4.69) is 20.8 Å². The predicted molar refractivity (Wildman–Crippen MR) is 93.5 cm³/mol. The lowest BCUT2D eigenvalue weighted by Gasteiger charge is -2.34. The van der Waals surface area contributed by atoms with Gasteiger partial charge in [-0.2, -0.15) is 0 Å². The summed E-state index contributed by atoms with van der Waals surface area (Å²) in [5.74, 6) is 0.0932. The molecule has 0 radical (unpaired) electrons. The van der Waals surface area contributed by atoms with E-state index in [1.54, 1.807) is 0 Å². The fourth-order valence-corrected chi connectivity index (χ4v) is 3.72. The number of nitrogens with zero attached hydrogens (tertiary/aromatic N) is 1. The van der Waals surface area contributed by atoms with E-state index in [0.717, 1.165) is 48.1 Å². The van der Waals surface area contributed by atoms with Gasteiger partial charge in [0, 0.05) is 11.0 Å². The molecule has 1 heterocycles. The summed E-state index contributed by atoms with van der Waals surface area (Å²) in [6.45, 7) is 2.73. The molecule has 1 aliphatic heterocycles. The van der Waals surface area contributed by atoms with Crippen LogP contribution in [0.4, 0.5) is 4.39 Å². The zero-order valence-corrected chi connectivity index (χ0v) is 14.5. The number of rotatable bonds is 4. The van der Waals surface area contributed by atoms with Gasteiger partial charge < -0.3 is 5.11 Å². The molecule has 2 nitrogen and oxygen atoms in total. The highest BCUT2D eigenvalue weighted by Gasteiger charge is 2.26. The van der Waals surface area contributed by atoms with Gasteiger partial charge >= 0.3 is 0 Å². The van der Waals surface area contributed by atoms with Gasteiger partial charge in [-0.15, -0.1) is 0 Å². The lowest BCUT2D eigenvalue weighted by atomic mass is 9.87. The number of hydrogen-bond acceptors (Lipinski definition) is 2. The van der Waals surface area contributed by atoms with E-state index < -0.39 is 0 Å². The summed E-state index contributed by atoms with van der Waals surface area (Å²) in [5.41, 5.74) is 2.11. The van der Waals surface area contributed by atoms with Crippen LogP contribution in [0.15, 0.2) is 53.0 Å². The predicted octanol–water partition coefficient (Wildman–Crippen LogP) is 4.53. The minimum Gasteiger partial charge on any atom is -0.388 e. The molecular formula is C19H21BrFNO. The van der Waals surface area contributed by atoms with Gasteiger partial charge in [0.1, 0.15) is 5.82 Å². The summed E-state index contributed by atoms with van der Waals surface area (Å²) >= 11 is 3.43. The summed E-state index contributed by atoms with van der Waals surface area (Å²) < 4.78 is 14.0. The number of hydrogen-bond donors (Lipinski definition) is 1. The SMILES string of the molecule is OC(c1ccccc1)C1CCN(Cc2ccc(F)cc2Br)CC1. The molecule has 2 aromatic rings. The lowest BCUT2D eigenvalue weighted by molar-refractivity contribution is 0.0567. The molecule has 0 saturated carbocycles. The molecule has 4 heteroatoms. The smallest absolute Gasteiger partial charge is 0.124 e. The van der Waals surface area contributed by atoms with Gasteiger partial charge in [-0.25, -0.2) is 4.39 Å². The van der Waals surface area contributed by atoms with Gasteiger partial charge in [0.15, 0.2) is 0 Å². The quantitative estimate of drug-likeness (QED) is 0.845. The first-order valence-electron chi connectivity index (χ1n) is 8.03. The third-order valence-corrected chi connectivity index (χ3v) is 5.37. The van der Waals surface area contributed by atoms with E-state index in [1.165, 1.54) is 12.1 Å². The van der Waals surface area contributed by atoms with Gasteiger partial charge in [-0.3, -0.25) is 4.90 Å². The van der Waals surface area contributed by atoms with E-state index in [-0.39, 0.29) is 11.9 Å². The van der Waals surface area contributed by atoms with Crippen LogP contribution in [0.1, 0.15) is 30.1 Å². The van der Waals surface area contributed by atoms with Crippen molar-refractivity contribution in [2.75, 3.05) is 13.1 Å². The standard InChI is InChI=1S/C19H21BrFNO/c20-18-12-17(21)7-6-16(18)13-22-10-8-15(9-11-22)19(23)14-4-2-1-3-5-14/h1-7,12,15,19,23H,8-11,13H2. The van der Waals surface area contributed by atoms with E-state index in [9.17, 15) is 9.50 Å². The molecule has 0 aliphatic carbocycles. The first-order valence-corrected chi connectivity index (χ1v) is 8.82. The largest absolute Gasteiger partial charge is 0.388 e. The Balaban J connectivity index is 1.56. The molecule has 2 aromatic carbocycles. The number of halogens is 2. The molecule has 23 heavy (non-hydrogen) atoms. The molecule has 1 unspecified atom stereocenters. The van der Waals surface area contributed by atoms with Gasteiger partial charge in [-0.1, -0.05) is 52.3 Å².